The van der Waals surface area contributed by atoms with E-state index >= 15 is 0 Å². The van der Waals surface area contributed by atoms with Gasteiger partial charge in [-0.3, -0.25) is 9.59 Å². The fourth-order valence-electron chi connectivity index (χ4n) is 4.55. The quantitative estimate of drug-likeness (QED) is 0.652. The van der Waals surface area contributed by atoms with Crippen LogP contribution in [0, 0.1) is 5.92 Å². The van der Waals surface area contributed by atoms with Gasteiger partial charge in [0.25, 0.3) is 0 Å². The van der Waals surface area contributed by atoms with E-state index in [2.05, 4.69) is 31.6 Å². The molecule has 2 amide bonds. The third-order valence-electron chi connectivity index (χ3n) is 6.23. The van der Waals surface area contributed by atoms with E-state index < -0.39 is 11.6 Å². The maximum atomic E-state index is 13.2. The second-order valence-electron chi connectivity index (χ2n) is 9.41. The zero-order valence-electron chi connectivity index (χ0n) is 19.0. The van der Waals surface area contributed by atoms with Crippen molar-refractivity contribution < 1.29 is 14.3 Å². The maximum Gasteiger partial charge on any atom is 0.243 e. The van der Waals surface area contributed by atoms with E-state index in [0.29, 0.717) is 25.3 Å². The summed E-state index contributed by atoms with van der Waals surface area (Å²) >= 11 is 3.54. The van der Waals surface area contributed by atoms with Crippen LogP contribution in [0.3, 0.4) is 0 Å². The Morgan fingerprint density at radius 2 is 2.12 bits per heavy atom. The van der Waals surface area contributed by atoms with E-state index in [1.807, 2.05) is 56.8 Å². The first-order chi connectivity index (χ1) is 15.2. The number of nitrogens with one attached hydrogen (secondary N) is 1. The first-order valence-electron chi connectivity index (χ1n) is 11.1. The van der Waals surface area contributed by atoms with Crippen LogP contribution in [-0.4, -0.2) is 50.9 Å². The van der Waals surface area contributed by atoms with Crippen molar-refractivity contribution in [2.24, 2.45) is 5.92 Å². The molecule has 1 aromatic heterocycles. The summed E-state index contributed by atoms with van der Waals surface area (Å²) in [6, 6.07) is 5.49. The summed E-state index contributed by atoms with van der Waals surface area (Å²) in [7, 11) is 0. The summed E-state index contributed by atoms with van der Waals surface area (Å²) in [5.74, 6) is 0.756. The summed E-state index contributed by atoms with van der Waals surface area (Å²) in [5, 5.41) is 11.9. The molecular formula is C23H30BrN5O3. The summed E-state index contributed by atoms with van der Waals surface area (Å²) in [6.45, 7) is 9.01. The highest BCUT2D eigenvalue weighted by Gasteiger charge is 2.38. The molecule has 2 aromatic rings. The van der Waals surface area contributed by atoms with Gasteiger partial charge in [0, 0.05) is 29.4 Å². The fraction of sp³-hybridized carbons (Fsp3) is 0.565. The number of carbonyl (C=O) groups excluding carboxylic acids is 2. The Balaban J connectivity index is 1.54. The highest BCUT2D eigenvalue weighted by atomic mass is 79.9. The Labute approximate surface area is 196 Å². The van der Waals surface area contributed by atoms with Gasteiger partial charge in [-0.15, -0.1) is 5.10 Å². The molecule has 1 aromatic carbocycles. The van der Waals surface area contributed by atoms with Crippen molar-refractivity contribution in [3.8, 4) is 5.75 Å². The van der Waals surface area contributed by atoms with Crippen LogP contribution in [0.25, 0.3) is 0 Å². The Hall–Kier alpha value is -2.42. The van der Waals surface area contributed by atoms with Crippen molar-refractivity contribution >= 4 is 27.7 Å². The summed E-state index contributed by atoms with van der Waals surface area (Å²) in [6.07, 6.45) is 3.99. The van der Waals surface area contributed by atoms with Gasteiger partial charge in [0.1, 0.15) is 17.5 Å². The number of carbonyl (C=O) groups is 2. The maximum absolute atomic E-state index is 13.2. The number of hydrogen-bond acceptors (Lipinski definition) is 5. The fourth-order valence-corrected chi connectivity index (χ4v) is 4.93. The van der Waals surface area contributed by atoms with Crippen molar-refractivity contribution in [3.05, 3.63) is 40.1 Å². The highest BCUT2D eigenvalue weighted by molar-refractivity contribution is 9.10. The molecule has 9 heteroatoms. The lowest BCUT2D eigenvalue weighted by Gasteiger charge is -2.33. The largest absolute Gasteiger partial charge is 0.493 e. The zero-order chi connectivity index (χ0) is 23.0. The molecule has 1 saturated heterocycles. The SMILES string of the molecule is CC(C)C(C(=O)NC(C)(C)c1cn([C@H]2CCOc3ccc(Br)cc32)nn1)N1CCCC1=O. The van der Waals surface area contributed by atoms with Crippen molar-refractivity contribution in [3.63, 3.8) is 0 Å². The van der Waals surface area contributed by atoms with Crippen LogP contribution in [0.2, 0.25) is 0 Å². The summed E-state index contributed by atoms with van der Waals surface area (Å²) in [4.78, 5) is 27.2. The minimum absolute atomic E-state index is 0.00892. The minimum Gasteiger partial charge on any atom is -0.493 e. The van der Waals surface area contributed by atoms with Crippen molar-refractivity contribution in [2.75, 3.05) is 13.2 Å². The van der Waals surface area contributed by atoms with Crippen molar-refractivity contribution in [1.29, 1.82) is 0 Å². The molecule has 8 nitrogen and oxygen atoms in total. The molecule has 0 bridgehead atoms. The predicted molar refractivity (Wildman–Crippen MR) is 123 cm³/mol. The summed E-state index contributed by atoms with van der Waals surface area (Å²) < 4.78 is 8.62. The van der Waals surface area contributed by atoms with E-state index in [1.165, 1.54) is 0 Å². The molecule has 4 rings (SSSR count). The second kappa shape index (κ2) is 8.84. The predicted octanol–water partition coefficient (Wildman–Crippen LogP) is 3.41. The molecule has 1 unspecified atom stereocenters. The van der Waals surface area contributed by atoms with Crippen molar-refractivity contribution in [1.82, 2.24) is 25.2 Å². The number of aromatic nitrogens is 3. The van der Waals surface area contributed by atoms with E-state index in [0.717, 1.165) is 28.6 Å². The zero-order valence-corrected chi connectivity index (χ0v) is 20.6. The van der Waals surface area contributed by atoms with Gasteiger partial charge in [-0.05, 0) is 44.4 Å². The standard InChI is InChI=1S/C23H30BrN5O3/c1-14(2)21(28-10-5-6-20(28)30)22(31)25-23(3,4)19-13-29(27-26-19)17-9-11-32-18-8-7-15(24)12-16(17)18/h7-8,12-14,17,21H,5-6,9-11H2,1-4H3,(H,25,31)/t17-,21?/m0/s1. The number of hydrogen-bond donors (Lipinski definition) is 1. The number of rotatable bonds is 6. The highest BCUT2D eigenvalue weighted by Crippen LogP contribution is 2.36. The molecule has 2 aliphatic rings. The summed E-state index contributed by atoms with van der Waals surface area (Å²) in [5.41, 5.74) is 0.983. The molecule has 0 aliphatic carbocycles. The molecule has 172 valence electrons. The molecule has 3 heterocycles. The average molecular weight is 504 g/mol. The Morgan fingerprint density at radius 1 is 1.34 bits per heavy atom. The van der Waals surface area contributed by atoms with Crippen LogP contribution in [0.5, 0.6) is 5.75 Å². The van der Waals surface area contributed by atoms with E-state index in [9.17, 15) is 9.59 Å². The Bertz CT molecular complexity index is 1020. The van der Waals surface area contributed by atoms with Gasteiger partial charge in [-0.1, -0.05) is 35.0 Å². The van der Waals surface area contributed by atoms with E-state index in [4.69, 9.17) is 4.74 Å². The lowest BCUT2D eigenvalue weighted by molar-refractivity contribution is -0.140. The van der Waals surface area contributed by atoms with E-state index in [1.54, 1.807) is 4.90 Å². The minimum atomic E-state index is -0.740. The Morgan fingerprint density at radius 3 is 2.81 bits per heavy atom. The third kappa shape index (κ3) is 4.40. The first kappa shape index (κ1) is 22.8. The van der Waals surface area contributed by atoms with Crippen LogP contribution >= 0.6 is 15.9 Å². The topological polar surface area (TPSA) is 89.3 Å². The molecule has 32 heavy (non-hydrogen) atoms. The molecule has 0 radical (unpaired) electrons. The normalized spacial score (nSPS) is 19.6. The molecule has 2 aliphatic heterocycles. The third-order valence-corrected chi connectivity index (χ3v) is 6.72. The molecule has 1 N–H and O–H groups in total. The molecular weight excluding hydrogens is 474 g/mol. The number of halogens is 1. The van der Waals surface area contributed by atoms with Gasteiger partial charge in [-0.25, -0.2) is 4.68 Å². The van der Waals surface area contributed by atoms with Gasteiger partial charge < -0.3 is 15.0 Å². The van der Waals surface area contributed by atoms with Gasteiger partial charge in [0.15, 0.2) is 0 Å². The number of likely N-dealkylation sites (tertiary alicyclic amines) is 1. The molecule has 2 atom stereocenters. The number of nitrogens with zero attached hydrogens (tertiary/aromatic N) is 4. The smallest absolute Gasteiger partial charge is 0.243 e. The van der Waals surface area contributed by atoms with Gasteiger partial charge in [0.05, 0.1) is 24.4 Å². The van der Waals surface area contributed by atoms with Crippen LogP contribution < -0.4 is 10.1 Å². The van der Waals surface area contributed by atoms with Crippen LogP contribution in [0.1, 0.15) is 64.3 Å². The van der Waals surface area contributed by atoms with Crippen LogP contribution in [0.4, 0.5) is 0 Å². The lowest BCUT2D eigenvalue weighted by Crippen LogP contribution is -2.54. The van der Waals surface area contributed by atoms with Crippen LogP contribution in [0.15, 0.2) is 28.9 Å². The average Bonchev–Trinajstić information content (AvgIpc) is 3.37. The number of benzene rings is 1. The molecule has 0 saturated carbocycles. The van der Waals surface area contributed by atoms with Gasteiger partial charge in [-0.2, -0.15) is 0 Å². The second-order valence-corrected chi connectivity index (χ2v) is 10.3. The molecule has 1 fully saturated rings. The number of ether oxygens (including phenoxy) is 1. The lowest BCUT2D eigenvalue weighted by atomic mass is 9.96. The first-order valence-corrected chi connectivity index (χ1v) is 11.9. The number of fused-ring (bicyclic) bond motifs is 1. The monoisotopic (exact) mass is 503 g/mol. The van der Waals surface area contributed by atoms with E-state index in [-0.39, 0.29) is 23.8 Å². The van der Waals surface area contributed by atoms with Gasteiger partial charge >= 0.3 is 0 Å². The van der Waals surface area contributed by atoms with Crippen LogP contribution in [-0.2, 0) is 15.1 Å². The van der Waals surface area contributed by atoms with Crippen molar-refractivity contribution in [2.45, 2.75) is 64.6 Å². The Kier molecular flexibility index (Phi) is 6.29. The number of amides is 2. The van der Waals surface area contributed by atoms with Gasteiger partial charge in [0.2, 0.25) is 11.8 Å². The molecule has 0 spiro atoms.